The maximum Gasteiger partial charge on any atom is 0.321 e. The molecule has 17 heavy (non-hydrogen) atoms. The number of rotatable bonds is 4. The summed E-state index contributed by atoms with van der Waals surface area (Å²) in [6, 6.07) is 2.21. The van der Waals surface area contributed by atoms with Gasteiger partial charge in [-0.1, -0.05) is 6.92 Å². The van der Waals surface area contributed by atoms with E-state index in [0.717, 1.165) is 15.8 Å². The highest BCUT2D eigenvalue weighted by atomic mass is 79.9. The third-order valence-electron chi connectivity index (χ3n) is 1.89. The molecule has 0 saturated heterocycles. The molecule has 2 aromatic heterocycles. The van der Waals surface area contributed by atoms with Gasteiger partial charge in [-0.15, -0.1) is 11.3 Å². The molecule has 2 aromatic rings. The van der Waals surface area contributed by atoms with Crippen molar-refractivity contribution in [2.75, 3.05) is 12.3 Å². The smallest absolute Gasteiger partial charge is 0.321 e. The molecule has 5 nitrogen and oxygen atoms in total. The number of hydrogen-bond donors (Lipinski definition) is 1. The number of aromatic nitrogens is 3. The lowest BCUT2D eigenvalue weighted by Crippen LogP contribution is -2.05. The molecule has 0 aliphatic heterocycles. The number of halogens is 1. The Hall–Kier alpha value is -1.21. The second kappa shape index (κ2) is 5.42. The van der Waals surface area contributed by atoms with Gasteiger partial charge < -0.3 is 10.5 Å². The van der Waals surface area contributed by atoms with E-state index in [-0.39, 0.29) is 12.0 Å². The molecular weight excluding hydrogens is 304 g/mol. The molecule has 90 valence electrons. The Bertz CT molecular complexity index is 517. The van der Waals surface area contributed by atoms with E-state index in [1.807, 2.05) is 18.4 Å². The molecule has 2 rings (SSSR count). The van der Waals surface area contributed by atoms with Crippen molar-refractivity contribution < 1.29 is 4.74 Å². The molecular formula is C10H11BrN4OS. The molecule has 0 radical (unpaired) electrons. The van der Waals surface area contributed by atoms with Crippen LogP contribution >= 0.6 is 27.3 Å². The summed E-state index contributed by atoms with van der Waals surface area (Å²) in [5.41, 5.74) is 5.63. The predicted molar refractivity (Wildman–Crippen MR) is 71.0 cm³/mol. The monoisotopic (exact) mass is 314 g/mol. The molecule has 7 heteroatoms. The Morgan fingerprint density at radius 3 is 2.88 bits per heavy atom. The van der Waals surface area contributed by atoms with Gasteiger partial charge in [0.15, 0.2) is 5.82 Å². The third kappa shape index (κ3) is 2.92. The number of nitrogens with two attached hydrogens (primary N) is 1. The van der Waals surface area contributed by atoms with E-state index < -0.39 is 0 Å². The van der Waals surface area contributed by atoms with E-state index in [4.69, 9.17) is 10.5 Å². The van der Waals surface area contributed by atoms with Gasteiger partial charge in [0.05, 0.1) is 11.5 Å². The van der Waals surface area contributed by atoms with Crippen LogP contribution in [0.3, 0.4) is 0 Å². The van der Waals surface area contributed by atoms with Crippen molar-refractivity contribution in [1.82, 2.24) is 15.0 Å². The van der Waals surface area contributed by atoms with Crippen LogP contribution in [0.4, 0.5) is 5.95 Å². The average molecular weight is 315 g/mol. The summed E-state index contributed by atoms with van der Waals surface area (Å²) >= 11 is 4.97. The van der Waals surface area contributed by atoms with Crippen LogP contribution in [0.15, 0.2) is 15.9 Å². The molecule has 2 heterocycles. The van der Waals surface area contributed by atoms with Gasteiger partial charge in [0, 0.05) is 4.47 Å². The first-order valence-corrected chi connectivity index (χ1v) is 6.75. The molecule has 0 aliphatic carbocycles. The number of anilines is 1. The van der Waals surface area contributed by atoms with E-state index in [1.54, 1.807) is 0 Å². The number of hydrogen-bond acceptors (Lipinski definition) is 6. The van der Waals surface area contributed by atoms with E-state index >= 15 is 0 Å². The number of nitrogens with zero attached hydrogens (tertiary/aromatic N) is 3. The maximum absolute atomic E-state index is 5.63. The van der Waals surface area contributed by atoms with Gasteiger partial charge in [-0.3, -0.25) is 0 Å². The Labute approximate surface area is 111 Å². The van der Waals surface area contributed by atoms with E-state index in [1.165, 1.54) is 11.3 Å². The fourth-order valence-electron chi connectivity index (χ4n) is 1.18. The predicted octanol–water partition coefficient (Wildman–Crippen LogP) is 2.73. The summed E-state index contributed by atoms with van der Waals surface area (Å²) in [6.07, 6.45) is 0.892. The lowest BCUT2D eigenvalue weighted by molar-refractivity contribution is 0.292. The summed E-state index contributed by atoms with van der Waals surface area (Å²) in [7, 11) is 0. The number of nitrogen functional groups attached to an aromatic ring is 1. The molecule has 0 aliphatic rings. The van der Waals surface area contributed by atoms with Gasteiger partial charge >= 0.3 is 6.01 Å². The van der Waals surface area contributed by atoms with Crippen molar-refractivity contribution in [3.63, 3.8) is 0 Å². The first-order chi connectivity index (χ1) is 8.20. The van der Waals surface area contributed by atoms with Crippen molar-refractivity contribution >= 4 is 33.2 Å². The number of ether oxygens (including phenoxy) is 1. The Morgan fingerprint density at radius 2 is 2.24 bits per heavy atom. The van der Waals surface area contributed by atoms with E-state index in [0.29, 0.717) is 12.4 Å². The topological polar surface area (TPSA) is 73.9 Å². The Kier molecular flexibility index (Phi) is 3.90. The first-order valence-electron chi connectivity index (χ1n) is 5.08. The minimum atomic E-state index is 0.168. The second-order valence-electron chi connectivity index (χ2n) is 3.25. The van der Waals surface area contributed by atoms with Gasteiger partial charge in [0.25, 0.3) is 0 Å². The van der Waals surface area contributed by atoms with Crippen LogP contribution in [0.25, 0.3) is 10.7 Å². The van der Waals surface area contributed by atoms with Crippen LogP contribution in [0.2, 0.25) is 0 Å². The van der Waals surface area contributed by atoms with Crippen molar-refractivity contribution in [3.05, 3.63) is 15.9 Å². The van der Waals surface area contributed by atoms with Crippen molar-refractivity contribution in [2.45, 2.75) is 13.3 Å². The summed E-state index contributed by atoms with van der Waals surface area (Å²) in [4.78, 5) is 13.2. The van der Waals surface area contributed by atoms with Crippen LogP contribution in [0, 0.1) is 0 Å². The minimum Gasteiger partial charge on any atom is -0.463 e. The van der Waals surface area contributed by atoms with Gasteiger partial charge in [-0.25, -0.2) is 0 Å². The molecule has 0 unspecified atom stereocenters. The van der Waals surface area contributed by atoms with Crippen molar-refractivity contribution in [3.8, 4) is 16.7 Å². The zero-order valence-corrected chi connectivity index (χ0v) is 11.6. The molecule has 0 spiro atoms. The van der Waals surface area contributed by atoms with E-state index in [9.17, 15) is 0 Å². The normalized spacial score (nSPS) is 10.5. The quantitative estimate of drug-likeness (QED) is 0.939. The van der Waals surface area contributed by atoms with Crippen LogP contribution in [0.1, 0.15) is 13.3 Å². The molecule has 0 aromatic carbocycles. The van der Waals surface area contributed by atoms with Crippen molar-refractivity contribution in [2.24, 2.45) is 0 Å². The van der Waals surface area contributed by atoms with E-state index in [2.05, 4.69) is 30.9 Å². The van der Waals surface area contributed by atoms with Crippen LogP contribution in [-0.4, -0.2) is 21.6 Å². The maximum atomic E-state index is 5.63. The first kappa shape index (κ1) is 12.3. The summed E-state index contributed by atoms with van der Waals surface area (Å²) in [5, 5.41) is 1.95. The summed E-state index contributed by atoms with van der Waals surface area (Å²) in [5.74, 6) is 0.701. The summed E-state index contributed by atoms with van der Waals surface area (Å²) in [6.45, 7) is 2.58. The zero-order chi connectivity index (χ0) is 12.3. The van der Waals surface area contributed by atoms with Crippen LogP contribution in [-0.2, 0) is 0 Å². The highest BCUT2D eigenvalue weighted by Crippen LogP contribution is 2.31. The molecule has 0 amide bonds. The summed E-state index contributed by atoms with van der Waals surface area (Å²) < 4.78 is 6.30. The molecule has 0 bridgehead atoms. The van der Waals surface area contributed by atoms with Crippen LogP contribution < -0.4 is 10.5 Å². The highest BCUT2D eigenvalue weighted by Gasteiger charge is 2.11. The Balaban J connectivity index is 2.35. The zero-order valence-electron chi connectivity index (χ0n) is 9.18. The second-order valence-corrected chi connectivity index (χ2v) is 5.02. The lowest BCUT2D eigenvalue weighted by Gasteiger charge is -2.04. The third-order valence-corrected chi connectivity index (χ3v) is 3.72. The molecule has 0 fully saturated rings. The Morgan fingerprint density at radius 1 is 1.41 bits per heavy atom. The SMILES string of the molecule is CCCOc1nc(N)nc(-c2sccc2Br)n1. The van der Waals surface area contributed by atoms with Gasteiger partial charge in [-0.05, 0) is 33.8 Å². The van der Waals surface area contributed by atoms with Gasteiger partial charge in [-0.2, -0.15) is 15.0 Å². The molecule has 0 saturated carbocycles. The molecule has 2 N–H and O–H groups in total. The largest absolute Gasteiger partial charge is 0.463 e. The fraction of sp³-hybridized carbons (Fsp3) is 0.300. The lowest BCUT2D eigenvalue weighted by atomic mass is 10.4. The average Bonchev–Trinajstić information content (AvgIpc) is 2.72. The standard InChI is InChI=1S/C10H11BrN4OS/c1-2-4-16-10-14-8(13-9(12)15-10)7-6(11)3-5-17-7/h3,5H,2,4H2,1H3,(H2,12,13,14,15). The number of thiophene rings is 1. The minimum absolute atomic E-state index is 0.168. The highest BCUT2D eigenvalue weighted by molar-refractivity contribution is 9.10. The van der Waals surface area contributed by atoms with Gasteiger partial charge in [0.1, 0.15) is 0 Å². The van der Waals surface area contributed by atoms with Crippen LogP contribution in [0.5, 0.6) is 6.01 Å². The molecule has 0 atom stereocenters. The van der Waals surface area contributed by atoms with Gasteiger partial charge in [0.2, 0.25) is 5.95 Å². The fourth-order valence-corrected chi connectivity index (χ4v) is 2.67. The van der Waals surface area contributed by atoms with Crippen molar-refractivity contribution in [1.29, 1.82) is 0 Å².